The van der Waals surface area contributed by atoms with E-state index in [9.17, 15) is 0 Å². The van der Waals surface area contributed by atoms with Gasteiger partial charge in [0.05, 0.1) is 7.11 Å². The van der Waals surface area contributed by atoms with Crippen LogP contribution in [0.15, 0.2) is 42.5 Å². The van der Waals surface area contributed by atoms with Crippen molar-refractivity contribution in [2.45, 2.75) is 27.0 Å². The van der Waals surface area contributed by atoms with Crippen molar-refractivity contribution in [1.29, 1.82) is 0 Å². The molecule has 0 heterocycles. The third-order valence-electron chi connectivity index (χ3n) is 3.42. The summed E-state index contributed by atoms with van der Waals surface area (Å²) < 4.78 is 11.4. The molecule has 0 saturated carbocycles. The van der Waals surface area contributed by atoms with E-state index in [0.717, 1.165) is 35.7 Å². The number of ether oxygens (including phenoxy) is 2. The first kappa shape index (κ1) is 15.4. The van der Waals surface area contributed by atoms with Crippen LogP contribution >= 0.6 is 0 Å². The summed E-state index contributed by atoms with van der Waals surface area (Å²) in [5, 5.41) is 3.35. The first-order chi connectivity index (χ1) is 10.3. The van der Waals surface area contributed by atoms with Gasteiger partial charge >= 0.3 is 0 Å². The monoisotopic (exact) mass is 285 g/mol. The molecule has 0 saturated heterocycles. The Bertz CT molecular complexity index is 581. The fraction of sp³-hybridized carbons (Fsp3) is 0.333. The summed E-state index contributed by atoms with van der Waals surface area (Å²) in [6.07, 6.45) is 0. The quantitative estimate of drug-likeness (QED) is 0.841. The second-order valence-corrected chi connectivity index (χ2v) is 4.94. The molecule has 0 amide bonds. The van der Waals surface area contributed by atoms with Crippen LogP contribution in [-0.2, 0) is 13.2 Å². The van der Waals surface area contributed by atoms with E-state index < -0.39 is 0 Å². The highest BCUT2D eigenvalue weighted by Gasteiger charge is 2.08. The zero-order valence-corrected chi connectivity index (χ0v) is 13.0. The van der Waals surface area contributed by atoms with Crippen LogP contribution in [0, 0.1) is 6.92 Å². The molecule has 0 aliphatic rings. The van der Waals surface area contributed by atoms with Crippen LogP contribution in [0.1, 0.15) is 23.6 Å². The lowest BCUT2D eigenvalue weighted by molar-refractivity contribution is 0.291. The highest BCUT2D eigenvalue weighted by atomic mass is 16.5. The Morgan fingerprint density at radius 3 is 2.52 bits per heavy atom. The molecule has 0 unspecified atom stereocenters. The average Bonchev–Trinajstić information content (AvgIpc) is 2.52. The van der Waals surface area contributed by atoms with Gasteiger partial charge in [-0.15, -0.1) is 0 Å². The normalized spacial score (nSPS) is 10.4. The summed E-state index contributed by atoms with van der Waals surface area (Å²) in [6.45, 7) is 6.45. The SMILES string of the molecule is CCNCc1cccc(C)c1OCc1ccccc1OC. The van der Waals surface area contributed by atoms with Crippen molar-refractivity contribution >= 4 is 0 Å². The third kappa shape index (κ3) is 3.99. The van der Waals surface area contributed by atoms with Gasteiger partial charge in [0, 0.05) is 17.7 Å². The van der Waals surface area contributed by atoms with E-state index >= 15 is 0 Å². The molecule has 0 radical (unpaired) electrons. The highest BCUT2D eigenvalue weighted by molar-refractivity contribution is 5.41. The van der Waals surface area contributed by atoms with Crippen molar-refractivity contribution in [2.24, 2.45) is 0 Å². The number of para-hydroxylation sites is 2. The molecule has 2 rings (SSSR count). The van der Waals surface area contributed by atoms with Crippen LogP contribution in [0.5, 0.6) is 11.5 Å². The molecule has 0 aromatic heterocycles. The molecular weight excluding hydrogens is 262 g/mol. The number of hydrogen-bond acceptors (Lipinski definition) is 3. The van der Waals surface area contributed by atoms with E-state index in [-0.39, 0.29) is 0 Å². The maximum absolute atomic E-state index is 6.07. The van der Waals surface area contributed by atoms with Gasteiger partial charge in [0.1, 0.15) is 18.1 Å². The van der Waals surface area contributed by atoms with Gasteiger partial charge in [-0.2, -0.15) is 0 Å². The third-order valence-corrected chi connectivity index (χ3v) is 3.42. The van der Waals surface area contributed by atoms with Gasteiger partial charge in [-0.1, -0.05) is 43.3 Å². The summed E-state index contributed by atoms with van der Waals surface area (Å²) in [6, 6.07) is 14.2. The van der Waals surface area contributed by atoms with Crippen LogP contribution in [0.3, 0.4) is 0 Å². The largest absolute Gasteiger partial charge is 0.496 e. The van der Waals surface area contributed by atoms with Gasteiger partial charge in [-0.05, 0) is 25.1 Å². The van der Waals surface area contributed by atoms with Crippen LogP contribution in [-0.4, -0.2) is 13.7 Å². The van der Waals surface area contributed by atoms with E-state index in [1.54, 1.807) is 7.11 Å². The van der Waals surface area contributed by atoms with Crippen molar-refractivity contribution in [3.8, 4) is 11.5 Å². The minimum atomic E-state index is 0.508. The van der Waals surface area contributed by atoms with E-state index in [1.165, 1.54) is 5.56 Å². The highest BCUT2D eigenvalue weighted by Crippen LogP contribution is 2.26. The molecule has 0 bridgehead atoms. The molecule has 3 nitrogen and oxygen atoms in total. The van der Waals surface area contributed by atoms with E-state index in [1.807, 2.05) is 24.3 Å². The summed E-state index contributed by atoms with van der Waals surface area (Å²) in [4.78, 5) is 0. The number of rotatable bonds is 7. The van der Waals surface area contributed by atoms with E-state index in [0.29, 0.717) is 6.61 Å². The molecule has 0 spiro atoms. The van der Waals surface area contributed by atoms with E-state index in [2.05, 4.69) is 37.4 Å². The molecule has 21 heavy (non-hydrogen) atoms. The number of aryl methyl sites for hydroxylation is 1. The van der Waals surface area contributed by atoms with Crippen LogP contribution in [0.4, 0.5) is 0 Å². The molecule has 3 heteroatoms. The van der Waals surface area contributed by atoms with Gasteiger partial charge in [0.25, 0.3) is 0 Å². The van der Waals surface area contributed by atoms with Crippen molar-refractivity contribution in [2.75, 3.05) is 13.7 Å². The number of benzene rings is 2. The Morgan fingerprint density at radius 1 is 1.00 bits per heavy atom. The van der Waals surface area contributed by atoms with Crippen molar-refractivity contribution in [3.05, 3.63) is 59.2 Å². The van der Waals surface area contributed by atoms with Gasteiger partial charge in [-0.3, -0.25) is 0 Å². The Kier molecular flexibility index (Phi) is 5.64. The lowest BCUT2D eigenvalue weighted by Crippen LogP contribution is -2.13. The standard InChI is InChI=1S/C18H23NO2/c1-4-19-12-15-10-7-8-14(2)18(15)21-13-16-9-5-6-11-17(16)20-3/h5-11,19H,4,12-13H2,1-3H3. The minimum Gasteiger partial charge on any atom is -0.496 e. The molecule has 0 aliphatic heterocycles. The first-order valence-electron chi connectivity index (χ1n) is 7.30. The molecule has 1 N–H and O–H groups in total. The lowest BCUT2D eigenvalue weighted by Gasteiger charge is -2.15. The fourth-order valence-electron chi connectivity index (χ4n) is 2.29. The summed E-state index contributed by atoms with van der Waals surface area (Å²) in [5.74, 6) is 1.82. The van der Waals surface area contributed by atoms with Gasteiger partial charge in [-0.25, -0.2) is 0 Å². The molecule has 2 aromatic rings. The van der Waals surface area contributed by atoms with Gasteiger partial charge < -0.3 is 14.8 Å². The zero-order chi connectivity index (χ0) is 15.1. The fourth-order valence-corrected chi connectivity index (χ4v) is 2.29. The molecule has 0 aliphatic carbocycles. The average molecular weight is 285 g/mol. The predicted octanol–water partition coefficient (Wildman–Crippen LogP) is 3.69. The van der Waals surface area contributed by atoms with Crippen LogP contribution < -0.4 is 14.8 Å². The van der Waals surface area contributed by atoms with Crippen molar-refractivity contribution in [1.82, 2.24) is 5.32 Å². The maximum Gasteiger partial charge on any atom is 0.127 e. The van der Waals surface area contributed by atoms with Gasteiger partial charge in [0.15, 0.2) is 0 Å². The summed E-state index contributed by atoms with van der Waals surface area (Å²) in [5.41, 5.74) is 3.39. The van der Waals surface area contributed by atoms with Gasteiger partial charge in [0.2, 0.25) is 0 Å². The molecule has 112 valence electrons. The minimum absolute atomic E-state index is 0.508. The molecule has 0 atom stereocenters. The Labute approximate surface area is 126 Å². The molecule has 2 aromatic carbocycles. The van der Waals surface area contributed by atoms with Crippen LogP contribution in [0.2, 0.25) is 0 Å². The summed E-state index contributed by atoms with van der Waals surface area (Å²) >= 11 is 0. The second-order valence-electron chi connectivity index (χ2n) is 4.94. The number of hydrogen-bond donors (Lipinski definition) is 1. The first-order valence-corrected chi connectivity index (χ1v) is 7.30. The lowest BCUT2D eigenvalue weighted by atomic mass is 10.1. The number of nitrogens with one attached hydrogen (secondary N) is 1. The second kappa shape index (κ2) is 7.70. The Balaban J connectivity index is 2.15. The smallest absolute Gasteiger partial charge is 0.127 e. The number of methoxy groups -OCH3 is 1. The maximum atomic E-state index is 6.07. The Hall–Kier alpha value is -2.00. The summed E-state index contributed by atoms with van der Waals surface area (Å²) in [7, 11) is 1.68. The molecule has 0 fully saturated rings. The molecular formula is C18H23NO2. The van der Waals surface area contributed by atoms with Crippen molar-refractivity contribution in [3.63, 3.8) is 0 Å². The Morgan fingerprint density at radius 2 is 1.76 bits per heavy atom. The van der Waals surface area contributed by atoms with Crippen molar-refractivity contribution < 1.29 is 9.47 Å². The topological polar surface area (TPSA) is 30.5 Å². The van der Waals surface area contributed by atoms with E-state index in [4.69, 9.17) is 9.47 Å². The van der Waals surface area contributed by atoms with Crippen LogP contribution in [0.25, 0.3) is 0 Å². The predicted molar refractivity (Wildman–Crippen MR) is 85.9 cm³/mol. The zero-order valence-electron chi connectivity index (χ0n) is 13.0.